The van der Waals surface area contributed by atoms with Crippen LogP contribution in [-0.2, 0) is 0 Å². The predicted molar refractivity (Wildman–Crippen MR) is 90.3 cm³/mol. The first-order valence-corrected chi connectivity index (χ1v) is 7.78. The summed E-state index contributed by atoms with van der Waals surface area (Å²) in [5.74, 6) is 0.442. The molecule has 23 heavy (non-hydrogen) atoms. The first kappa shape index (κ1) is 13.8. The van der Waals surface area contributed by atoms with E-state index in [1.807, 2.05) is 24.3 Å². The number of nitrogens with zero attached hydrogens (tertiary/aromatic N) is 2. The zero-order chi connectivity index (χ0) is 16.0. The molecule has 6 heteroatoms. The summed E-state index contributed by atoms with van der Waals surface area (Å²) in [5, 5.41) is 9.64. The average Bonchev–Trinajstić information content (AvgIpc) is 3.06. The van der Waals surface area contributed by atoms with Gasteiger partial charge in [0.25, 0.3) is 5.56 Å². The molecular weight excluding hydrogens is 312 g/mol. The first-order valence-electron chi connectivity index (χ1n) is 6.96. The second-order valence-electron chi connectivity index (χ2n) is 5.07. The molecule has 0 aliphatic heterocycles. The molecule has 0 aliphatic rings. The van der Waals surface area contributed by atoms with Crippen molar-refractivity contribution in [3.05, 3.63) is 62.9 Å². The van der Waals surface area contributed by atoms with Crippen molar-refractivity contribution in [2.24, 2.45) is 0 Å². The van der Waals surface area contributed by atoms with E-state index in [9.17, 15) is 9.90 Å². The largest absolute Gasteiger partial charge is 0.504 e. The highest BCUT2D eigenvalue weighted by molar-refractivity contribution is 7.15. The van der Waals surface area contributed by atoms with Crippen LogP contribution in [0.4, 0.5) is 0 Å². The Hall–Kier alpha value is -2.86. The van der Waals surface area contributed by atoms with Crippen molar-refractivity contribution in [1.82, 2.24) is 9.38 Å². The van der Waals surface area contributed by atoms with Crippen LogP contribution < -0.4 is 14.8 Å². The molecule has 2 heterocycles. The molecule has 0 aliphatic carbocycles. The Morgan fingerprint density at radius 3 is 2.91 bits per heavy atom. The summed E-state index contributed by atoms with van der Waals surface area (Å²) in [4.78, 5) is 17.8. The highest BCUT2D eigenvalue weighted by Crippen LogP contribution is 2.26. The van der Waals surface area contributed by atoms with Crippen molar-refractivity contribution in [3.63, 3.8) is 0 Å². The standard InChI is InChI=1S/C17H12N2O3S/c1-22-14-8-10(6-7-13(14)20)9-15-16(21)19-12-5-3-2-4-11(12)18-17(19)23-15/h2-9,20H,1H3. The Kier molecular flexibility index (Phi) is 3.06. The summed E-state index contributed by atoms with van der Waals surface area (Å²) in [5.41, 5.74) is 2.32. The molecule has 1 N–H and O–H groups in total. The highest BCUT2D eigenvalue weighted by atomic mass is 32.1. The fourth-order valence-electron chi connectivity index (χ4n) is 2.55. The predicted octanol–water partition coefficient (Wildman–Crippen LogP) is 2.17. The minimum Gasteiger partial charge on any atom is -0.504 e. The van der Waals surface area contributed by atoms with E-state index in [1.165, 1.54) is 18.4 Å². The minimum absolute atomic E-state index is 0.0685. The van der Waals surface area contributed by atoms with Crippen LogP contribution in [0.5, 0.6) is 11.5 Å². The molecule has 0 saturated carbocycles. The number of thiazole rings is 1. The molecule has 0 radical (unpaired) electrons. The number of aromatic nitrogens is 2. The van der Waals surface area contributed by atoms with Crippen LogP contribution in [0, 0.1) is 0 Å². The van der Waals surface area contributed by atoms with Gasteiger partial charge in [-0.15, -0.1) is 0 Å². The van der Waals surface area contributed by atoms with E-state index in [0.717, 1.165) is 16.6 Å². The van der Waals surface area contributed by atoms with Crippen LogP contribution >= 0.6 is 11.3 Å². The molecule has 2 aromatic carbocycles. The number of ether oxygens (including phenoxy) is 1. The van der Waals surface area contributed by atoms with Gasteiger partial charge in [-0.2, -0.15) is 0 Å². The van der Waals surface area contributed by atoms with Crippen molar-refractivity contribution >= 4 is 33.4 Å². The van der Waals surface area contributed by atoms with Gasteiger partial charge in [0, 0.05) is 0 Å². The molecular formula is C17H12N2O3S. The first-order chi connectivity index (χ1) is 11.2. The Balaban J connectivity index is 1.95. The summed E-state index contributed by atoms with van der Waals surface area (Å²) in [7, 11) is 1.49. The third-order valence-corrected chi connectivity index (χ3v) is 4.62. The number of hydrogen-bond acceptors (Lipinski definition) is 5. The molecule has 4 aromatic rings. The van der Waals surface area contributed by atoms with Gasteiger partial charge in [-0.1, -0.05) is 29.5 Å². The van der Waals surface area contributed by atoms with Crippen LogP contribution in [-0.4, -0.2) is 21.6 Å². The molecule has 0 spiro atoms. The Morgan fingerprint density at radius 1 is 1.26 bits per heavy atom. The van der Waals surface area contributed by atoms with Crippen LogP contribution in [0.2, 0.25) is 0 Å². The summed E-state index contributed by atoms with van der Waals surface area (Å²) < 4.78 is 7.31. The minimum atomic E-state index is -0.0919. The molecule has 0 unspecified atom stereocenters. The number of methoxy groups -OCH3 is 1. The zero-order valence-corrected chi connectivity index (χ0v) is 13.0. The Labute approximate surface area is 134 Å². The second kappa shape index (κ2) is 5.10. The number of benzene rings is 2. The van der Waals surface area contributed by atoms with Gasteiger partial charge in [-0.25, -0.2) is 9.38 Å². The lowest BCUT2D eigenvalue weighted by Crippen LogP contribution is -2.22. The van der Waals surface area contributed by atoms with Crippen LogP contribution in [0.15, 0.2) is 47.3 Å². The van der Waals surface area contributed by atoms with E-state index < -0.39 is 0 Å². The van der Waals surface area contributed by atoms with E-state index in [-0.39, 0.29) is 11.3 Å². The number of fused-ring (bicyclic) bond motifs is 3. The monoisotopic (exact) mass is 324 g/mol. The summed E-state index contributed by atoms with van der Waals surface area (Å²) in [6.45, 7) is 0. The van der Waals surface area contributed by atoms with Crippen molar-refractivity contribution in [1.29, 1.82) is 0 Å². The van der Waals surface area contributed by atoms with Gasteiger partial charge < -0.3 is 9.84 Å². The number of rotatable bonds is 2. The van der Waals surface area contributed by atoms with Gasteiger partial charge in [0.15, 0.2) is 16.5 Å². The van der Waals surface area contributed by atoms with Gasteiger partial charge in [-0.05, 0) is 35.9 Å². The fraction of sp³-hybridized carbons (Fsp3) is 0.0588. The Morgan fingerprint density at radius 2 is 2.09 bits per heavy atom. The number of hydrogen-bond donors (Lipinski definition) is 1. The van der Waals surface area contributed by atoms with Crippen LogP contribution in [0.25, 0.3) is 22.1 Å². The van der Waals surface area contributed by atoms with Crippen molar-refractivity contribution in [2.75, 3.05) is 7.11 Å². The molecule has 0 bridgehead atoms. The number of phenols is 1. The third kappa shape index (κ3) is 2.15. The van der Waals surface area contributed by atoms with Crippen molar-refractivity contribution in [3.8, 4) is 11.5 Å². The maximum absolute atomic E-state index is 12.7. The molecule has 4 rings (SSSR count). The summed E-state index contributed by atoms with van der Waals surface area (Å²) in [6, 6.07) is 12.5. The van der Waals surface area contributed by atoms with E-state index in [0.29, 0.717) is 15.2 Å². The maximum Gasteiger partial charge on any atom is 0.274 e. The molecule has 2 aromatic heterocycles. The van der Waals surface area contributed by atoms with Gasteiger partial charge in [-0.3, -0.25) is 4.79 Å². The molecule has 5 nitrogen and oxygen atoms in total. The zero-order valence-electron chi connectivity index (χ0n) is 12.2. The van der Waals surface area contributed by atoms with E-state index in [2.05, 4.69) is 4.98 Å². The molecule has 0 atom stereocenters. The number of imidazole rings is 1. The smallest absolute Gasteiger partial charge is 0.274 e. The van der Waals surface area contributed by atoms with Gasteiger partial charge in [0.1, 0.15) is 0 Å². The van der Waals surface area contributed by atoms with Crippen molar-refractivity contribution in [2.45, 2.75) is 0 Å². The van der Waals surface area contributed by atoms with E-state index in [1.54, 1.807) is 28.7 Å². The third-order valence-electron chi connectivity index (χ3n) is 3.65. The normalized spacial score (nSPS) is 12.3. The second-order valence-corrected chi connectivity index (χ2v) is 6.07. The molecule has 0 saturated heterocycles. The van der Waals surface area contributed by atoms with E-state index >= 15 is 0 Å². The average molecular weight is 324 g/mol. The van der Waals surface area contributed by atoms with Crippen LogP contribution in [0.3, 0.4) is 0 Å². The lowest BCUT2D eigenvalue weighted by atomic mass is 10.2. The topological polar surface area (TPSA) is 63.8 Å². The molecule has 0 fully saturated rings. The SMILES string of the molecule is COc1cc(C=c2sc3nc4ccccc4n3c2=O)ccc1O. The summed E-state index contributed by atoms with van der Waals surface area (Å²) >= 11 is 1.34. The quantitative estimate of drug-likeness (QED) is 0.614. The van der Waals surface area contributed by atoms with Crippen molar-refractivity contribution < 1.29 is 9.84 Å². The van der Waals surface area contributed by atoms with Gasteiger partial charge in [0.05, 0.1) is 22.7 Å². The van der Waals surface area contributed by atoms with Gasteiger partial charge in [0.2, 0.25) is 0 Å². The maximum atomic E-state index is 12.7. The number of aromatic hydroxyl groups is 1. The lowest BCUT2D eigenvalue weighted by molar-refractivity contribution is 0.373. The van der Waals surface area contributed by atoms with Crippen LogP contribution in [0.1, 0.15) is 5.56 Å². The van der Waals surface area contributed by atoms with E-state index in [4.69, 9.17) is 4.74 Å². The molecule has 0 amide bonds. The fourth-order valence-corrected chi connectivity index (χ4v) is 3.53. The number of para-hydroxylation sites is 2. The highest BCUT2D eigenvalue weighted by Gasteiger charge is 2.10. The number of phenolic OH excluding ortho intramolecular Hbond substituents is 1. The summed E-state index contributed by atoms with van der Waals surface area (Å²) in [6.07, 6.45) is 1.78. The lowest BCUT2D eigenvalue weighted by Gasteiger charge is -2.03. The molecule has 114 valence electrons. The Bertz CT molecular complexity index is 1140. The van der Waals surface area contributed by atoms with Gasteiger partial charge >= 0.3 is 0 Å².